The topological polar surface area (TPSA) is 46.2 Å². The molecule has 0 amide bonds. The van der Waals surface area contributed by atoms with Crippen LogP contribution in [0.2, 0.25) is 0 Å². The van der Waals surface area contributed by atoms with Crippen LogP contribution in [0, 0.1) is 12.3 Å². The maximum Gasteiger partial charge on any atom is 0.0783 e. The molecule has 1 atom stereocenters. The summed E-state index contributed by atoms with van der Waals surface area (Å²) in [5, 5.41) is 9.70. The van der Waals surface area contributed by atoms with Crippen LogP contribution in [-0.4, -0.2) is 10.7 Å². The third-order valence-electron chi connectivity index (χ3n) is 2.20. The lowest BCUT2D eigenvalue weighted by atomic mass is 9.92. The molecule has 3 N–H and O–H groups in total. The van der Waals surface area contributed by atoms with Gasteiger partial charge < -0.3 is 10.8 Å². The zero-order chi connectivity index (χ0) is 10.8. The predicted octanol–water partition coefficient (Wildman–Crippen LogP) is 1.44. The van der Waals surface area contributed by atoms with Gasteiger partial charge in [0.05, 0.1) is 11.6 Å². The van der Waals surface area contributed by atoms with Gasteiger partial charge in [0.1, 0.15) is 0 Å². The first-order chi connectivity index (χ1) is 6.45. The molecule has 2 nitrogen and oxygen atoms in total. The van der Waals surface area contributed by atoms with Crippen molar-refractivity contribution < 1.29 is 5.11 Å². The molecule has 0 heterocycles. The number of terminal acetylenes is 1. The molecule has 1 unspecified atom stereocenters. The highest BCUT2D eigenvalue weighted by Gasteiger charge is 2.24. The summed E-state index contributed by atoms with van der Waals surface area (Å²) in [5.74, 6) is 2.53. The van der Waals surface area contributed by atoms with Crippen molar-refractivity contribution in [1.82, 2.24) is 0 Å². The number of nitrogens with two attached hydrogens (primary N) is 1. The summed E-state index contributed by atoms with van der Waals surface area (Å²) >= 11 is 0. The van der Waals surface area contributed by atoms with E-state index in [1.807, 2.05) is 24.3 Å². The van der Waals surface area contributed by atoms with Crippen molar-refractivity contribution in [3.8, 4) is 12.3 Å². The van der Waals surface area contributed by atoms with Crippen molar-refractivity contribution in [3.63, 3.8) is 0 Å². The van der Waals surface area contributed by atoms with Crippen LogP contribution in [0.3, 0.4) is 0 Å². The van der Waals surface area contributed by atoms with Gasteiger partial charge in [-0.3, -0.25) is 0 Å². The average Bonchev–Trinajstić information content (AvgIpc) is 2.15. The molecule has 0 spiro atoms. The second-order valence-electron chi connectivity index (χ2n) is 3.90. The number of aliphatic hydroxyl groups is 1. The van der Waals surface area contributed by atoms with Gasteiger partial charge in [-0.25, -0.2) is 0 Å². The van der Waals surface area contributed by atoms with Gasteiger partial charge in [-0.2, -0.15) is 0 Å². The SMILES string of the molecule is C#Cc1ccc(C(N)C(C)(C)O)cc1. The molecule has 0 bridgehead atoms. The zero-order valence-corrected chi connectivity index (χ0v) is 8.49. The fourth-order valence-electron chi connectivity index (χ4n) is 1.19. The Bertz CT molecular complexity index is 340. The van der Waals surface area contributed by atoms with E-state index in [4.69, 9.17) is 12.2 Å². The second-order valence-corrected chi connectivity index (χ2v) is 3.90. The van der Waals surface area contributed by atoms with E-state index in [1.54, 1.807) is 13.8 Å². The molecule has 0 saturated carbocycles. The molecule has 1 aromatic carbocycles. The Balaban J connectivity index is 2.94. The standard InChI is InChI=1S/C12H15NO/c1-4-9-5-7-10(8-6-9)11(13)12(2,3)14/h1,5-8,11,14H,13H2,2-3H3. The van der Waals surface area contributed by atoms with E-state index in [0.717, 1.165) is 11.1 Å². The highest BCUT2D eigenvalue weighted by molar-refractivity contribution is 5.35. The molecule has 0 aliphatic heterocycles. The molecule has 2 heteroatoms. The summed E-state index contributed by atoms with van der Waals surface area (Å²) < 4.78 is 0. The fourth-order valence-corrected chi connectivity index (χ4v) is 1.19. The molecule has 0 aromatic heterocycles. The smallest absolute Gasteiger partial charge is 0.0783 e. The van der Waals surface area contributed by atoms with Gasteiger partial charge in [0.25, 0.3) is 0 Å². The molecule has 0 fully saturated rings. The van der Waals surface area contributed by atoms with Crippen LogP contribution in [0.4, 0.5) is 0 Å². The third kappa shape index (κ3) is 2.35. The van der Waals surface area contributed by atoms with Gasteiger partial charge in [0.15, 0.2) is 0 Å². The third-order valence-corrected chi connectivity index (χ3v) is 2.20. The second kappa shape index (κ2) is 3.83. The highest BCUT2D eigenvalue weighted by atomic mass is 16.3. The Morgan fingerprint density at radius 1 is 1.36 bits per heavy atom. The fraction of sp³-hybridized carbons (Fsp3) is 0.333. The monoisotopic (exact) mass is 189 g/mol. The van der Waals surface area contributed by atoms with Gasteiger partial charge in [0, 0.05) is 5.56 Å². The Kier molecular flexibility index (Phi) is 2.95. The summed E-state index contributed by atoms with van der Waals surface area (Å²) in [7, 11) is 0. The van der Waals surface area contributed by atoms with Gasteiger partial charge in [-0.05, 0) is 31.5 Å². The molecule has 0 saturated heterocycles. The Morgan fingerprint density at radius 2 is 1.86 bits per heavy atom. The number of hydrogen-bond acceptors (Lipinski definition) is 2. The molecule has 0 radical (unpaired) electrons. The minimum absolute atomic E-state index is 0.394. The number of rotatable bonds is 2. The van der Waals surface area contributed by atoms with E-state index in [0.29, 0.717) is 0 Å². The minimum atomic E-state index is -0.919. The van der Waals surface area contributed by atoms with Crippen LogP contribution >= 0.6 is 0 Å². The summed E-state index contributed by atoms with van der Waals surface area (Å²) in [6.45, 7) is 3.37. The van der Waals surface area contributed by atoms with Crippen LogP contribution < -0.4 is 5.73 Å². The Hall–Kier alpha value is -1.30. The normalized spacial score (nSPS) is 13.4. The van der Waals surface area contributed by atoms with Crippen molar-refractivity contribution in [3.05, 3.63) is 35.4 Å². The number of benzene rings is 1. The van der Waals surface area contributed by atoms with Crippen LogP contribution in [0.1, 0.15) is 31.0 Å². The van der Waals surface area contributed by atoms with Crippen molar-refractivity contribution in [1.29, 1.82) is 0 Å². The maximum absolute atomic E-state index is 9.70. The van der Waals surface area contributed by atoms with E-state index in [1.165, 1.54) is 0 Å². The predicted molar refractivity (Wildman–Crippen MR) is 57.6 cm³/mol. The van der Waals surface area contributed by atoms with Crippen LogP contribution in [0.15, 0.2) is 24.3 Å². The molecular weight excluding hydrogens is 174 g/mol. The van der Waals surface area contributed by atoms with Gasteiger partial charge >= 0.3 is 0 Å². The number of hydrogen-bond donors (Lipinski definition) is 2. The van der Waals surface area contributed by atoms with E-state index >= 15 is 0 Å². The molecular formula is C12H15NO. The lowest BCUT2D eigenvalue weighted by Crippen LogP contribution is -2.34. The van der Waals surface area contributed by atoms with Gasteiger partial charge in [-0.1, -0.05) is 18.1 Å². The molecule has 0 aliphatic rings. The molecule has 1 aromatic rings. The Labute approximate surface area is 84.8 Å². The highest BCUT2D eigenvalue weighted by Crippen LogP contribution is 2.22. The summed E-state index contributed by atoms with van der Waals surface area (Å²) in [5.41, 5.74) is 6.64. The van der Waals surface area contributed by atoms with E-state index in [2.05, 4.69) is 5.92 Å². The maximum atomic E-state index is 9.70. The molecule has 74 valence electrons. The van der Waals surface area contributed by atoms with Crippen molar-refractivity contribution in [2.75, 3.05) is 0 Å². The van der Waals surface area contributed by atoms with E-state index in [-0.39, 0.29) is 0 Å². The first-order valence-corrected chi connectivity index (χ1v) is 4.49. The molecule has 1 rings (SSSR count). The van der Waals surface area contributed by atoms with Crippen molar-refractivity contribution >= 4 is 0 Å². The van der Waals surface area contributed by atoms with E-state index in [9.17, 15) is 5.11 Å². The first kappa shape index (κ1) is 10.8. The largest absolute Gasteiger partial charge is 0.388 e. The van der Waals surface area contributed by atoms with Crippen LogP contribution in [-0.2, 0) is 0 Å². The quantitative estimate of drug-likeness (QED) is 0.691. The van der Waals surface area contributed by atoms with Crippen LogP contribution in [0.5, 0.6) is 0 Å². The zero-order valence-electron chi connectivity index (χ0n) is 8.49. The van der Waals surface area contributed by atoms with Gasteiger partial charge in [-0.15, -0.1) is 6.42 Å². The molecule has 14 heavy (non-hydrogen) atoms. The van der Waals surface area contributed by atoms with Crippen LogP contribution in [0.25, 0.3) is 0 Å². The minimum Gasteiger partial charge on any atom is -0.388 e. The van der Waals surface area contributed by atoms with Gasteiger partial charge in [0.2, 0.25) is 0 Å². The summed E-state index contributed by atoms with van der Waals surface area (Å²) in [6.07, 6.45) is 5.23. The average molecular weight is 189 g/mol. The first-order valence-electron chi connectivity index (χ1n) is 4.49. The lowest BCUT2D eigenvalue weighted by molar-refractivity contribution is 0.0517. The van der Waals surface area contributed by atoms with Crippen molar-refractivity contribution in [2.24, 2.45) is 5.73 Å². The van der Waals surface area contributed by atoms with Crippen molar-refractivity contribution in [2.45, 2.75) is 25.5 Å². The molecule has 0 aliphatic carbocycles. The summed E-state index contributed by atoms with van der Waals surface area (Å²) in [6, 6.07) is 6.94. The lowest BCUT2D eigenvalue weighted by Gasteiger charge is -2.25. The summed E-state index contributed by atoms with van der Waals surface area (Å²) in [4.78, 5) is 0. The Morgan fingerprint density at radius 3 is 2.21 bits per heavy atom. The van der Waals surface area contributed by atoms with E-state index < -0.39 is 11.6 Å².